The first-order valence-electron chi connectivity index (χ1n) is 15.6. The zero-order chi connectivity index (χ0) is 34.8. The smallest absolute Gasteiger partial charge is 0.326 e. The summed E-state index contributed by atoms with van der Waals surface area (Å²) in [6.07, 6.45) is 0.682. The van der Waals surface area contributed by atoms with Crippen molar-refractivity contribution in [1.29, 1.82) is 0 Å². The second-order valence-corrected chi connectivity index (χ2v) is 13.5. The number of nitrogens with one attached hydrogen (secondary N) is 4. The Morgan fingerprint density at radius 3 is 2.18 bits per heavy atom. The lowest BCUT2D eigenvalue weighted by Gasteiger charge is -2.26. The van der Waals surface area contributed by atoms with Crippen molar-refractivity contribution in [2.45, 2.75) is 49.9 Å². The largest absolute Gasteiger partial charge is 0.484 e. The molecule has 13 heteroatoms. The van der Waals surface area contributed by atoms with E-state index in [9.17, 15) is 29.1 Å². The fraction of sp³-hybridized carbons (Fsp3) is 0.250. The van der Waals surface area contributed by atoms with Crippen molar-refractivity contribution in [3.63, 3.8) is 0 Å². The van der Waals surface area contributed by atoms with E-state index < -0.39 is 53.8 Å². The lowest BCUT2D eigenvalue weighted by molar-refractivity contribution is -0.142. The van der Waals surface area contributed by atoms with Crippen LogP contribution in [0, 0.1) is 0 Å². The van der Waals surface area contributed by atoms with Gasteiger partial charge in [-0.05, 0) is 65.2 Å². The van der Waals surface area contributed by atoms with Gasteiger partial charge in [-0.15, -0.1) is 11.3 Å². The Labute approximate surface area is 295 Å². The molecule has 4 atom stereocenters. The standard InChI is InChI=1S/C36H35BrN4O7S/c37-25-13-11-24(12-14-25)32-35(45)39-28(17-10-22-5-2-1-3-6-22)33(43)40-30(36(46)47)19-23-8-15-26(16-9-23)48-21-31(42)38-29(34(44)41-32)20-27-7-4-18-49-27/h1-9,11-16,18,28-30,32H,10,17,19-21H2,(H,38,42)(H,39,45)(H,40,43)(H,41,44)(H,46,47)/t28-,29-,30+,32?/m1/s1. The Bertz CT molecular complexity index is 1750. The Morgan fingerprint density at radius 1 is 0.796 bits per heavy atom. The predicted molar refractivity (Wildman–Crippen MR) is 187 cm³/mol. The molecule has 49 heavy (non-hydrogen) atoms. The van der Waals surface area contributed by atoms with Crippen molar-refractivity contribution in [1.82, 2.24) is 21.3 Å². The van der Waals surface area contributed by atoms with Crippen molar-refractivity contribution in [2.24, 2.45) is 0 Å². The highest BCUT2D eigenvalue weighted by Gasteiger charge is 2.32. The van der Waals surface area contributed by atoms with E-state index in [0.29, 0.717) is 23.3 Å². The van der Waals surface area contributed by atoms with Crippen molar-refractivity contribution in [3.8, 4) is 5.75 Å². The van der Waals surface area contributed by atoms with Gasteiger partial charge in [0.1, 0.15) is 29.9 Å². The minimum absolute atomic E-state index is 0.0385. The molecular formula is C36H35BrN4O7S. The van der Waals surface area contributed by atoms with E-state index in [1.54, 1.807) is 48.5 Å². The maximum absolute atomic E-state index is 14.1. The third kappa shape index (κ3) is 10.2. The maximum Gasteiger partial charge on any atom is 0.326 e. The summed E-state index contributed by atoms with van der Waals surface area (Å²) in [5.74, 6) is -3.43. The molecule has 0 spiro atoms. The lowest BCUT2D eigenvalue weighted by atomic mass is 10.0. The summed E-state index contributed by atoms with van der Waals surface area (Å²) in [5.41, 5.74) is 1.95. The van der Waals surface area contributed by atoms with Gasteiger partial charge in [-0.25, -0.2) is 4.79 Å². The van der Waals surface area contributed by atoms with E-state index in [4.69, 9.17) is 4.74 Å². The summed E-state index contributed by atoms with van der Waals surface area (Å²) in [5, 5.41) is 22.8. The monoisotopic (exact) mass is 746 g/mol. The highest BCUT2D eigenvalue weighted by atomic mass is 79.9. The number of hydrogen-bond acceptors (Lipinski definition) is 7. The summed E-state index contributed by atoms with van der Waals surface area (Å²) in [6, 6.07) is 21.5. The van der Waals surface area contributed by atoms with Gasteiger partial charge in [-0.3, -0.25) is 19.2 Å². The first kappa shape index (κ1) is 35.3. The Balaban J connectivity index is 1.50. The molecule has 0 aliphatic carbocycles. The number of carbonyl (C=O) groups excluding carboxylic acids is 4. The molecule has 0 fully saturated rings. The minimum atomic E-state index is -1.30. The van der Waals surface area contributed by atoms with Crippen LogP contribution >= 0.6 is 27.3 Å². The van der Waals surface area contributed by atoms with Crippen LogP contribution in [0.15, 0.2) is 101 Å². The van der Waals surface area contributed by atoms with E-state index in [-0.39, 0.29) is 25.9 Å². The minimum Gasteiger partial charge on any atom is -0.484 e. The second-order valence-electron chi connectivity index (χ2n) is 11.5. The number of carboxylic acid groups (broad SMARTS) is 1. The number of amides is 4. The number of carboxylic acids is 1. The van der Waals surface area contributed by atoms with E-state index >= 15 is 0 Å². The molecule has 5 N–H and O–H groups in total. The number of benzene rings is 3. The molecule has 4 amide bonds. The molecule has 0 saturated heterocycles. The first-order valence-corrected chi connectivity index (χ1v) is 17.3. The van der Waals surface area contributed by atoms with Crippen molar-refractivity contribution in [3.05, 3.63) is 122 Å². The highest BCUT2D eigenvalue weighted by Crippen LogP contribution is 2.20. The van der Waals surface area contributed by atoms with Crippen molar-refractivity contribution in [2.75, 3.05) is 6.61 Å². The Kier molecular flexibility index (Phi) is 12.2. The van der Waals surface area contributed by atoms with Crippen LogP contribution in [0.25, 0.3) is 0 Å². The number of ether oxygens (including phenoxy) is 1. The van der Waals surface area contributed by atoms with Gasteiger partial charge in [-0.2, -0.15) is 0 Å². The zero-order valence-electron chi connectivity index (χ0n) is 26.3. The molecule has 1 aromatic heterocycles. The van der Waals surface area contributed by atoms with Gasteiger partial charge in [-0.1, -0.05) is 76.6 Å². The molecule has 4 aromatic rings. The molecule has 254 valence electrons. The van der Waals surface area contributed by atoms with Crippen molar-refractivity contribution < 1.29 is 33.8 Å². The van der Waals surface area contributed by atoms with E-state index in [1.165, 1.54) is 11.3 Å². The molecule has 1 unspecified atom stereocenters. The fourth-order valence-corrected chi connectivity index (χ4v) is 6.35. The van der Waals surface area contributed by atoms with E-state index in [0.717, 1.165) is 14.9 Å². The van der Waals surface area contributed by atoms with E-state index in [2.05, 4.69) is 37.2 Å². The second kappa shape index (κ2) is 16.9. The van der Waals surface area contributed by atoms with Crippen LogP contribution in [-0.2, 0) is 43.2 Å². The average molecular weight is 748 g/mol. The summed E-state index contributed by atoms with van der Waals surface area (Å²) in [7, 11) is 0. The SMILES string of the molecule is O=C1COc2ccc(cc2)C[C@@H](C(=O)O)NC(=O)[C@@H](CCc2ccccc2)NC(=O)C(c2ccc(Br)cc2)NC(=O)[C@@H](Cc2cccs2)N1. The third-order valence-corrected chi connectivity index (χ3v) is 9.36. The molecular weight excluding hydrogens is 712 g/mol. The third-order valence-electron chi connectivity index (χ3n) is 7.93. The number of rotatable bonds is 7. The summed E-state index contributed by atoms with van der Waals surface area (Å²) < 4.78 is 6.39. The first-order chi connectivity index (χ1) is 23.6. The molecule has 3 heterocycles. The van der Waals surface area contributed by atoms with Crippen LogP contribution in [0.4, 0.5) is 0 Å². The molecule has 0 saturated carbocycles. The van der Waals surface area contributed by atoms with Gasteiger partial charge < -0.3 is 31.1 Å². The molecule has 3 aromatic carbocycles. The van der Waals surface area contributed by atoms with E-state index in [1.807, 2.05) is 47.8 Å². The fourth-order valence-electron chi connectivity index (χ4n) is 5.33. The number of fused-ring (bicyclic) bond motifs is 16. The van der Waals surface area contributed by atoms with Crippen molar-refractivity contribution >= 4 is 56.9 Å². The van der Waals surface area contributed by atoms with Gasteiger partial charge in [0, 0.05) is 22.2 Å². The van der Waals surface area contributed by atoms with Gasteiger partial charge in [0.2, 0.25) is 17.7 Å². The maximum atomic E-state index is 14.1. The van der Waals surface area contributed by atoms with Gasteiger partial charge >= 0.3 is 5.97 Å². The topological polar surface area (TPSA) is 163 Å². The number of aryl methyl sites for hydroxylation is 1. The Morgan fingerprint density at radius 2 is 1.51 bits per heavy atom. The van der Waals surface area contributed by atoms with Crippen LogP contribution in [-0.4, -0.2) is 59.4 Å². The molecule has 11 nitrogen and oxygen atoms in total. The number of halogens is 1. The lowest BCUT2D eigenvalue weighted by Crippen LogP contribution is -2.55. The summed E-state index contributed by atoms with van der Waals surface area (Å²) in [6.45, 7) is -0.388. The zero-order valence-corrected chi connectivity index (χ0v) is 28.7. The number of aliphatic carboxylic acids is 1. The van der Waals surface area contributed by atoms with Gasteiger partial charge in [0.05, 0.1) is 0 Å². The highest BCUT2D eigenvalue weighted by molar-refractivity contribution is 9.10. The van der Waals surface area contributed by atoms with Gasteiger partial charge in [0.15, 0.2) is 6.61 Å². The van der Waals surface area contributed by atoms with Crippen LogP contribution < -0.4 is 26.0 Å². The summed E-state index contributed by atoms with van der Waals surface area (Å²) in [4.78, 5) is 67.9. The molecule has 2 aliphatic heterocycles. The van der Waals surface area contributed by atoms with Crippen LogP contribution in [0.3, 0.4) is 0 Å². The molecule has 2 aliphatic rings. The number of carbonyl (C=O) groups is 5. The summed E-state index contributed by atoms with van der Waals surface area (Å²) >= 11 is 4.82. The van der Waals surface area contributed by atoms with Crippen LogP contribution in [0.1, 0.15) is 34.0 Å². The number of thiophene rings is 1. The molecule has 6 rings (SSSR count). The molecule has 0 radical (unpaired) electrons. The average Bonchev–Trinajstić information content (AvgIpc) is 3.61. The quantitative estimate of drug-likeness (QED) is 0.180. The Hall–Kier alpha value is -5.01. The van der Waals surface area contributed by atoms with Crippen LogP contribution in [0.5, 0.6) is 5.75 Å². The molecule has 2 bridgehead atoms. The van der Waals surface area contributed by atoms with Crippen LogP contribution in [0.2, 0.25) is 0 Å². The predicted octanol–water partition coefficient (Wildman–Crippen LogP) is 3.72. The normalized spacial score (nSPS) is 20.8. The number of hydrogen-bond donors (Lipinski definition) is 5. The van der Waals surface area contributed by atoms with Gasteiger partial charge in [0.25, 0.3) is 5.91 Å².